The maximum atomic E-state index is 4.40. The van der Waals surface area contributed by atoms with E-state index in [-0.39, 0.29) is 0 Å². The van der Waals surface area contributed by atoms with Crippen LogP contribution in [0.4, 0.5) is 0 Å². The third-order valence-corrected chi connectivity index (χ3v) is 2.84. The van der Waals surface area contributed by atoms with Crippen LogP contribution < -0.4 is 0 Å². The first-order valence-corrected chi connectivity index (χ1v) is 5.01. The van der Waals surface area contributed by atoms with Gasteiger partial charge in [-0.05, 0) is 24.2 Å². The number of nitrogens with zero attached hydrogens (tertiary/aromatic N) is 1. The van der Waals surface area contributed by atoms with Gasteiger partial charge in [0.25, 0.3) is 0 Å². The Bertz CT molecular complexity index is 147. The van der Waals surface area contributed by atoms with Crippen molar-refractivity contribution in [3.63, 3.8) is 0 Å². The first-order valence-electron chi connectivity index (χ1n) is 5.01. The van der Waals surface area contributed by atoms with Crippen molar-refractivity contribution in [3.05, 3.63) is 0 Å². The minimum Gasteiger partial charge on any atom is -0.297 e. The molecule has 0 amide bonds. The molecule has 0 fully saturated rings. The molecule has 0 radical (unpaired) electrons. The van der Waals surface area contributed by atoms with Gasteiger partial charge in [0, 0.05) is 12.8 Å². The van der Waals surface area contributed by atoms with E-state index >= 15 is 0 Å². The molecule has 0 N–H and O–H groups in total. The molecule has 72 valence electrons. The van der Waals surface area contributed by atoms with E-state index in [4.69, 9.17) is 0 Å². The number of rotatable bonds is 4. The Kier molecular flexibility index (Phi) is 5.19. The molecule has 1 nitrogen and oxygen atoms in total. The summed E-state index contributed by atoms with van der Waals surface area (Å²) in [5.41, 5.74) is 1.38. The maximum Gasteiger partial charge on any atom is 0.0276 e. The largest absolute Gasteiger partial charge is 0.297 e. The molecule has 0 aromatic heterocycles. The van der Waals surface area contributed by atoms with Gasteiger partial charge in [-0.25, -0.2) is 0 Å². The van der Waals surface area contributed by atoms with Crippen molar-refractivity contribution in [2.24, 2.45) is 22.7 Å². The molecule has 0 aromatic rings. The molecule has 0 rings (SSSR count). The van der Waals surface area contributed by atoms with Crippen LogP contribution >= 0.6 is 0 Å². The predicted molar refractivity (Wildman–Crippen MR) is 56.8 cm³/mol. The lowest BCUT2D eigenvalue weighted by Crippen LogP contribution is -2.23. The van der Waals surface area contributed by atoms with Gasteiger partial charge < -0.3 is 0 Å². The normalized spacial score (nSPS) is 18.1. The van der Waals surface area contributed by atoms with Crippen molar-refractivity contribution >= 4 is 5.71 Å². The second kappa shape index (κ2) is 5.34. The van der Waals surface area contributed by atoms with Gasteiger partial charge in [0.05, 0.1) is 0 Å². The third kappa shape index (κ3) is 2.96. The SMILES string of the molecule is CCC(C)C(=NC)C(C)C(C)C. The first-order chi connectivity index (χ1) is 5.54. The number of hydrogen-bond donors (Lipinski definition) is 0. The summed E-state index contributed by atoms with van der Waals surface area (Å²) in [6.45, 7) is 11.3. The number of hydrogen-bond acceptors (Lipinski definition) is 1. The summed E-state index contributed by atoms with van der Waals surface area (Å²) in [6.07, 6.45) is 1.20. The molecule has 0 aromatic carbocycles. The zero-order valence-corrected chi connectivity index (χ0v) is 9.39. The molecule has 1 heteroatoms. The molecule has 12 heavy (non-hydrogen) atoms. The highest BCUT2D eigenvalue weighted by molar-refractivity contribution is 5.88. The van der Waals surface area contributed by atoms with Gasteiger partial charge in [-0.3, -0.25) is 4.99 Å². The number of aliphatic imine (C=N–C) groups is 1. The van der Waals surface area contributed by atoms with E-state index in [2.05, 4.69) is 39.6 Å². The van der Waals surface area contributed by atoms with Gasteiger partial charge in [-0.15, -0.1) is 0 Å². The van der Waals surface area contributed by atoms with E-state index in [1.807, 2.05) is 7.05 Å². The van der Waals surface area contributed by atoms with Crippen molar-refractivity contribution in [3.8, 4) is 0 Å². The highest BCUT2D eigenvalue weighted by Crippen LogP contribution is 2.19. The van der Waals surface area contributed by atoms with E-state index in [1.54, 1.807) is 0 Å². The van der Waals surface area contributed by atoms with Crippen molar-refractivity contribution in [1.82, 2.24) is 0 Å². The van der Waals surface area contributed by atoms with Gasteiger partial charge in [0.1, 0.15) is 0 Å². The van der Waals surface area contributed by atoms with Crippen molar-refractivity contribution in [1.29, 1.82) is 0 Å². The summed E-state index contributed by atoms with van der Waals surface area (Å²) in [5, 5.41) is 0. The average molecular weight is 169 g/mol. The van der Waals surface area contributed by atoms with E-state index in [9.17, 15) is 0 Å². The summed E-state index contributed by atoms with van der Waals surface area (Å²) in [4.78, 5) is 4.40. The molecule has 2 atom stereocenters. The van der Waals surface area contributed by atoms with E-state index in [0.29, 0.717) is 17.8 Å². The van der Waals surface area contributed by atoms with E-state index in [1.165, 1.54) is 12.1 Å². The zero-order chi connectivity index (χ0) is 9.72. The zero-order valence-electron chi connectivity index (χ0n) is 9.39. The fraction of sp³-hybridized carbons (Fsp3) is 0.909. The van der Waals surface area contributed by atoms with Crippen LogP contribution in [0, 0.1) is 17.8 Å². The van der Waals surface area contributed by atoms with Crippen LogP contribution in [-0.4, -0.2) is 12.8 Å². The van der Waals surface area contributed by atoms with Gasteiger partial charge in [-0.1, -0.05) is 34.6 Å². The Labute approximate surface area is 77.3 Å². The molecule has 0 saturated heterocycles. The predicted octanol–water partition coefficient (Wildman–Crippen LogP) is 3.40. The van der Waals surface area contributed by atoms with E-state index < -0.39 is 0 Å². The Morgan fingerprint density at radius 2 is 1.67 bits per heavy atom. The lowest BCUT2D eigenvalue weighted by Gasteiger charge is -2.22. The first kappa shape index (κ1) is 11.7. The topological polar surface area (TPSA) is 12.4 Å². The van der Waals surface area contributed by atoms with Crippen LogP contribution in [0.2, 0.25) is 0 Å². The van der Waals surface area contributed by atoms with Crippen molar-refractivity contribution < 1.29 is 0 Å². The third-order valence-electron chi connectivity index (χ3n) is 2.84. The second-order valence-corrected chi connectivity index (χ2v) is 3.99. The molecule has 0 heterocycles. The Hall–Kier alpha value is -0.330. The average Bonchev–Trinajstić information content (AvgIpc) is 2.05. The molecule has 0 bridgehead atoms. The van der Waals surface area contributed by atoms with Crippen LogP contribution in [0.25, 0.3) is 0 Å². The summed E-state index contributed by atoms with van der Waals surface area (Å²) in [6, 6.07) is 0. The van der Waals surface area contributed by atoms with Crippen molar-refractivity contribution in [2.75, 3.05) is 7.05 Å². The summed E-state index contributed by atoms with van der Waals surface area (Å²) in [5.74, 6) is 1.98. The lowest BCUT2D eigenvalue weighted by atomic mass is 9.85. The Morgan fingerprint density at radius 3 is 1.92 bits per heavy atom. The summed E-state index contributed by atoms with van der Waals surface area (Å²) >= 11 is 0. The Morgan fingerprint density at radius 1 is 1.17 bits per heavy atom. The van der Waals surface area contributed by atoms with Crippen LogP contribution in [0.1, 0.15) is 41.0 Å². The molecule has 0 aliphatic rings. The van der Waals surface area contributed by atoms with Crippen LogP contribution in [0.5, 0.6) is 0 Å². The van der Waals surface area contributed by atoms with Crippen LogP contribution in [-0.2, 0) is 0 Å². The molecular weight excluding hydrogens is 146 g/mol. The molecule has 0 aliphatic heterocycles. The molecule has 0 aliphatic carbocycles. The highest BCUT2D eigenvalue weighted by atomic mass is 14.7. The monoisotopic (exact) mass is 169 g/mol. The maximum absolute atomic E-state index is 4.40. The minimum absolute atomic E-state index is 0.630. The molecule has 2 unspecified atom stereocenters. The van der Waals surface area contributed by atoms with Gasteiger partial charge >= 0.3 is 0 Å². The quantitative estimate of drug-likeness (QED) is 0.572. The summed E-state index contributed by atoms with van der Waals surface area (Å²) < 4.78 is 0. The molecular formula is C11H23N. The standard InChI is InChI=1S/C11H23N/c1-7-9(4)11(12-6)10(5)8(2)3/h8-10H,7H2,1-6H3. The van der Waals surface area contributed by atoms with Gasteiger partial charge in [0.2, 0.25) is 0 Å². The fourth-order valence-electron chi connectivity index (χ4n) is 1.42. The minimum atomic E-state index is 0.630. The lowest BCUT2D eigenvalue weighted by molar-refractivity contribution is 0.505. The smallest absolute Gasteiger partial charge is 0.0276 e. The van der Waals surface area contributed by atoms with Gasteiger partial charge in [-0.2, -0.15) is 0 Å². The van der Waals surface area contributed by atoms with E-state index in [0.717, 1.165) is 0 Å². The second-order valence-electron chi connectivity index (χ2n) is 3.99. The fourth-order valence-corrected chi connectivity index (χ4v) is 1.42. The molecule has 0 spiro atoms. The Balaban J connectivity index is 4.36. The summed E-state index contributed by atoms with van der Waals surface area (Å²) in [7, 11) is 1.92. The molecule has 0 saturated carbocycles. The van der Waals surface area contributed by atoms with Crippen LogP contribution in [0.15, 0.2) is 4.99 Å². The van der Waals surface area contributed by atoms with Crippen molar-refractivity contribution in [2.45, 2.75) is 41.0 Å². The van der Waals surface area contributed by atoms with Crippen LogP contribution in [0.3, 0.4) is 0 Å². The van der Waals surface area contributed by atoms with Gasteiger partial charge in [0.15, 0.2) is 0 Å². The highest BCUT2D eigenvalue weighted by Gasteiger charge is 2.18.